The number of pyridine rings is 1. The van der Waals surface area contributed by atoms with E-state index in [0.29, 0.717) is 22.3 Å². The van der Waals surface area contributed by atoms with Crippen LogP contribution in [0.2, 0.25) is 0 Å². The van der Waals surface area contributed by atoms with Crippen LogP contribution < -0.4 is 5.73 Å². The average Bonchev–Trinajstić information content (AvgIpc) is 2.99. The Labute approximate surface area is 142 Å². The van der Waals surface area contributed by atoms with Crippen molar-refractivity contribution in [2.45, 2.75) is 32.7 Å². The van der Waals surface area contributed by atoms with Gasteiger partial charge in [-0.25, -0.2) is 9.67 Å². The zero-order chi connectivity index (χ0) is 17.5. The van der Waals surface area contributed by atoms with Gasteiger partial charge in [0, 0.05) is 12.7 Å². The Bertz CT molecular complexity index is 793. The Balaban J connectivity index is 2.33. The molecule has 0 atom stereocenters. The van der Waals surface area contributed by atoms with Crippen LogP contribution in [-0.4, -0.2) is 38.7 Å². The Morgan fingerprint density at radius 2 is 2.00 bits per heavy atom. The van der Waals surface area contributed by atoms with Gasteiger partial charge in [-0.1, -0.05) is 31.6 Å². The Hall–Kier alpha value is -2.99. The summed E-state index contributed by atoms with van der Waals surface area (Å²) in [7, 11) is 0. The highest BCUT2D eigenvalue weighted by Crippen LogP contribution is 2.24. The molecule has 0 spiro atoms. The number of unbranched alkanes of at least 4 members (excludes halogenated alkanes) is 2. The van der Waals surface area contributed by atoms with Crippen molar-refractivity contribution in [3.05, 3.63) is 18.0 Å². The van der Waals surface area contributed by atoms with E-state index in [9.17, 15) is 4.79 Å². The van der Waals surface area contributed by atoms with Crippen molar-refractivity contribution < 1.29 is 4.79 Å². The molecule has 24 heavy (non-hydrogen) atoms. The molecule has 0 aromatic carbocycles. The lowest BCUT2D eigenvalue weighted by atomic mass is 10.1. The number of aryl methyl sites for hydroxylation is 1. The molecular formula is C18H21N5O. The van der Waals surface area contributed by atoms with Crippen molar-refractivity contribution in [2.75, 3.05) is 18.8 Å². The zero-order valence-corrected chi connectivity index (χ0v) is 13.8. The van der Waals surface area contributed by atoms with Gasteiger partial charge < -0.3 is 10.6 Å². The minimum absolute atomic E-state index is 0.122. The fraction of sp³-hybridized carbons (Fsp3) is 0.389. The van der Waals surface area contributed by atoms with Crippen molar-refractivity contribution in [3.63, 3.8) is 0 Å². The van der Waals surface area contributed by atoms with Gasteiger partial charge in [-0.05, 0) is 6.42 Å². The van der Waals surface area contributed by atoms with Gasteiger partial charge in [0.1, 0.15) is 0 Å². The van der Waals surface area contributed by atoms with Crippen LogP contribution >= 0.6 is 0 Å². The summed E-state index contributed by atoms with van der Waals surface area (Å²) in [4.78, 5) is 18.3. The predicted octanol–water partition coefficient (Wildman–Crippen LogP) is 1.91. The van der Waals surface area contributed by atoms with Crippen LogP contribution in [0.4, 0.5) is 5.69 Å². The highest BCUT2D eigenvalue weighted by molar-refractivity contribution is 6.05. The monoisotopic (exact) mass is 323 g/mol. The molecule has 124 valence electrons. The fourth-order valence-electron chi connectivity index (χ4n) is 2.48. The molecule has 0 aliphatic heterocycles. The number of amides is 1. The van der Waals surface area contributed by atoms with Crippen molar-refractivity contribution in [1.82, 2.24) is 19.7 Å². The van der Waals surface area contributed by atoms with Crippen LogP contribution in [0, 0.1) is 24.7 Å². The third kappa shape index (κ3) is 3.49. The molecule has 2 N–H and O–H groups in total. The van der Waals surface area contributed by atoms with Gasteiger partial charge in [0.25, 0.3) is 5.91 Å². The number of hydrogen-bond acceptors (Lipinski definition) is 4. The van der Waals surface area contributed by atoms with E-state index in [2.05, 4.69) is 28.8 Å². The number of carbonyl (C=O) groups is 1. The van der Waals surface area contributed by atoms with E-state index in [1.807, 2.05) is 4.68 Å². The number of hydrogen-bond donors (Lipinski definition) is 1. The van der Waals surface area contributed by atoms with E-state index < -0.39 is 0 Å². The van der Waals surface area contributed by atoms with Crippen molar-refractivity contribution in [1.29, 1.82) is 0 Å². The van der Waals surface area contributed by atoms with Crippen LogP contribution in [-0.2, 0) is 6.54 Å². The number of nitrogens with two attached hydrogens (primary N) is 1. The van der Waals surface area contributed by atoms with Gasteiger partial charge in [-0.15, -0.1) is 12.8 Å². The third-order valence-corrected chi connectivity index (χ3v) is 3.76. The summed E-state index contributed by atoms with van der Waals surface area (Å²) < 4.78 is 1.82. The van der Waals surface area contributed by atoms with Crippen LogP contribution in [0.15, 0.2) is 12.4 Å². The summed E-state index contributed by atoms with van der Waals surface area (Å²) in [5, 5.41) is 5.00. The molecule has 2 aromatic rings. The number of carbonyl (C=O) groups excluding carboxylic acids is 1. The number of rotatable bonds is 7. The largest absolute Gasteiger partial charge is 0.397 e. The van der Waals surface area contributed by atoms with Crippen LogP contribution in [0.5, 0.6) is 0 Å². The molecule has 0 aliphatic rings. The normalized spacial score (nSPS) is 10.3. The molecule has 6 nitrogen and oxygen atoms in total. The second-order valence-electron chi connectivity index (χ2n) is 5.47. The maximum atomic E-state index is 12.6. The summed E-state index contributed by atoms with van der Waals surface area (Å²) in [6, 6.07) is 0. The van der Waals surface area contributed by atoms with Crippen LogP contribution in [0.25, 0.3) is 11.0 Å². The first-order valence-electron chi connectivity index (χ1n) is 7.90. The predicted molar refractivity (Wildman–Crippen MR) is 95.0 cm³/mol. The minimum Gasteiger partial charge on any atom is -0.397 e. The summed E-state index contributed by atoms with van der Waals surface area (Å²) >= 11 is 0. The lowest BCUT2D eigenvalue weighted by Crippen LogP contribution is -2.32. The highest BCUT2D eigenvalue weighted by atomic mass is 16.2. The van der Waals surface area contributed by atoms with Gasteiger partial charge in [-0.3, -0.25) is 4.79 Å². The van der Waals surface area contributed by atoms with Gasteiger partial charge >= 0.3 is 0 Å². The molecule has 0 unspecified atom stereocenters. The molecule has 2 rings (SSSR count). The molecule has 0 saturated carbocycles. The topological polar surface area (TPSA) is 77.0 Å². The van der Waals surface area contributed by atoms with E-state index in [0.717, 1.165) is 25.8 Å². The molecule has 0 fully saturated rings. The van der Waals surface area contributed by atoms with E-state index in [1.165, 1.54) is 11.1 Å². The van der Waals surface area contributed by atoms with Crippen molar-refractivity contribution >= 4 is 22.6 Å². The van der Waals surface area contributed by atoms with Crippen LogP contribution in [0.3, 0.4) is 0 Å². The standard InChI is InChI=1S/C18H21N5O/c1-4-7-8-11-23-17-14(13-21-23)16(19)15(12-20-17)18(24)22(9-5-2)10-6-3/h2-3,12-13H,4,7-11H2,1H3,(H2,19,20). The molecule has 1 amide bonds. The SMILES string of the molecule is C#CCN(CC#C)C(=O)c1cnc2c(cnn2CCCCC)c1N. The van der Waals surface area contributed by atoms with Crippen molar-refractivity contribution in [2.24, 2.45) is 0 Å². The maximum Gasteiger partial charge on any atom is 0.259 e. The van der Waals surface area contributed by atoms with Crippen LogP contribution in [0.1, 0.15) is 36.5 Å². The molecule has 0 aliphatic carbocycles. The summed E-state index contributed by atoms with van der Waals surface area (Å²) in [6.07, 6.45) is 17.0. The number of fused-ring (bicyclic) bond motifs is 1. The Morgan fingerprint density at radius 1 is 1.29 bits per heavy atom. The van der Waals surface area contributed by atoms with E-state index in [1.54, 1.807) is 6.20 Å². The molecular weight excluding hydrogens is 302 g/mol. The summed E-state index contributed by atoms with van der Waals surface area (Å²) in [6.45, 7) is 3.17. The summed E-state index contributed by atoms with van der Waals surface area (Å²) in [5.41, 5.74) is 7.50. The molecule has 0 saturated heterocycles. The molecule has 2 aromatic heterocycles. The van der Waals surface area contributed by atoms with E-state index >= 15 is 0 Å². The third-order valence-electron chi connectivity index (χ3n) is 3.76. The average molecular weight is 323 g/mol. The lowest BCUT2D eigenvalue weighted by molar-refractivity contribution is 0.0797. The lowest BCUT2D eigenvalue weighted by Gasteiger charge is -2.18. The van der Waals surface area contributed by atoms with E-state index in [4.69, 9.17) is 18.6 Å². The van der Waals surface area contributed by atoms with Crippen molar-refractivity contribution in [3.8, 4) is 24.7 Å². The number of terminal acetylenes is 2. The smallest absolute Gasteiger partial charge is 0.259 e. The zero-order valence-electron chi connectivity index (χ0n) is 13.8. The van der Waals surface area contributed by atoms with Gasteiger partial charge in [0.05, 0.1) is 35.9 Å². The molecule has 0 radical (unpaired) electrons. The number of aromatic nitrogens is 3. The molecule has 2 heterocycles. The Kier molecular flexibility index (Phi) is 5.81. The first-order chi connectivity index (χ1) is 11.6. The second kappa shape index (κ2) is 8.03. The van der Waals surface area contributed by atoms with E-state index in [-0.39, 0.29) is 19.0 Å². The number of nitrogens with zero attached hydrogens (tertiary/aromatic N) is 4. The second-order valence-corrected chi connectivity index (χ2v) is 5.47. The fourth-order valence-corrected chi connectivity index (χ4v) is 2.48. The summed E-state index contributed by atoms with van der Waals surface area (Å²) in [5.74, 6) is 4.53. The number of nitrogen functional groups attached to an aromatic ring is 1. The minimum atomic E-state index is -0.323. The molecule has 0 bridgehead atoms. The first-order valence-corrected chi connectivity index (χ1v) is 7.90. The number of anilines is 1. The Morgan fingerprint density at radius 3 is 2.62 bits per heavy atom. The quantitative estimate of drug-likeness (QED) is 0.624. The van der Waals surface area contributed by atoms with Gasteiger partial charge in [-0.2, -0.15) is 5.10 Å². The maximum absolute atomic E-state index is 12.6. The van der Waals surface area contributed by atoms with Gasteiger partial charge in [0.2, 0.25) is 0 Å². The highest BCUT2D eigenvalue weighted by Gasteiger charge is 2.20. The van der Waals surface area contributed by atoms with Gasteiger partial charge in [0.15, 0.2) is 5.65 Å². The molecule has 6 heteroatoms. The first kappa shape index (κ1) is 17.4.